The van der Waals surface area contributed by atoms with E-state index in [0.29, 0.717) is 0 Å². The lowest BCUT2D eigenvalue weighted by molar-refractivity contribution is 0.213. The smallest absolute Gasteiger partial charge is 0.319 e. The third kappa shape index (κ3) is 3.22. The van der Waals surface area contributed by atoms with E-state index < -0.39 is 43.7 Å². The molecule has 0 spiro atoms. The van der Waals surface area contributed by atoms with Gasteiger partial charge in [0.1, 0.15) is 0 Å². The third-order valence-electron chi connectivity index (χ3n) is 2.93. The van der Waals surface area contributed by atoms with E-state index in [2.05, 4.69) is 4.52 Å². The number of sulfone groups is 2. The average molecular weight is 356 g/mol. The zero-order valence-corrected chi connectivity index (χ0v) is 14.1. The van der Waals surface area contributed by atoms with Crippen molar-refractivity contribution in [2.45, 2.75) is 18.1 Å². The highest BCUT2D eigenvalue weighted by atomic mass is 32.3. The van der Waals surface area contributed by atoms with Gasteiger partial charge in [0.15, 0.2) is 19.7 Å². The minimum Gasteiger partial charge on any atom is -0.326 e. The second-order valence-electron chi connectivity index (χ2n) is 4.10. The van der Waals surface area contributed by atoms with Crippen molar-refractivity contribution in [2.24, 2.45) is 0 Å². The van der Waals surface area contributed by atoms with E-state index in [1.54, 1.807) is 6.07 Å². The number of rotatable bonds is 7. The van der Waals surface area contributed by atoms with Gasteiger partial charge < -0.3 is 4.89 Å². The molecule has 1 rings (SSSR count). The molecule has 1 aromatic carbocycles. The first-order valence-corrected chi connectivity index (χ1v) is 10.6. The summed E-state index contributed by atoms with van der Waals surface area (Å²) in [5, 5.41) is 0. The summed E-state index contributed by atoms with van der Waals surface area (Å²) < 4.78 is 62.6. The Hall–Kier alpha value is -0.730. The molecule has 0 aliphatic carbocycles. The molecule has 0 saturated heterocycles. The van der Waals surface area contributed by atoms with Crippen LogP contribution in [-0.4, -0.2) is 33.2 Å². The monoisotopic (exact) mass is 356 g/mol. The van der Waals surface area contributed by atoms with Gasteiger partial charge in [0.25, 0.3) is 0 Å². The van der Waals surface area contributed by atoms with Crippen molar-refractivity contribution in [3.05, 3.63) is 35.9 Å². The molecule has 0 heterocycles. The molecule has 0 fully saturated rings. The van der Waals surface area contributed by atoms with E-state index in [1.807, 2.05) is 0 Å². The molecule has 0 aliphatic heterocycles. The fourth-order valence-corrected chi connectivity index (χ4v) is 7.67. The molecule has 0 bridgehead atoms. The van der Waals surface area contributed by atoms with Crippen molar-refractivity contribution in [3.63, 3.8) is 0 Å². The summed E-state index contributed by atoms with van der Waals surface area (Å²) in [5.74, 6) is -1.12. The van der Waals surface area contributed by atoms with Crippen LogP contribution in [0, 0.1) is 0 Å². The van der Waals surface area contributed by atoms with Crippen LogP contribution < -0.4 is 0 Å². The van der Waals surface area contributed by atoms with Gasteiger partial charge in [-0.1, -0.05) is 44.2 Å². The highest BCUT2D eigenvalue weighted by molar-refractivity contribution is 8.09. The maximum absolute atomic E-state index is 12.4. The predicted molar refractivity (Wildman–Crippen MR) is 79.3 cm³/mol. The summed E-state index contributed by atoms with van der Waals surface area (Å²) in [6, 6.07) is 6.90. The molecule has 21 heavy (non-hydrogen) atoms. The maximum atomic E-state index is 12.4. The Balaban J connectivity index is 3.88. The first-order valence-electron chi connectivity index (χ1n) is 6.06. The van der Waals surface area contributed by atoms with Crippen LogP contribution in [0.2, 0.25) is 0 Å². The standard InChI is InChI=1S/C11H17O7PS2/c1-3-20(14,15)11(18-19(12)13,21(16,17)4-2)10-8-6-5-7-9-10/h5-9,19H,3-4H2,1-2H3,(H,12,13). The van der Waals surface area contributed by atoms with Gasteiger partial charge in [-0.05, 0) is 0 Å². The Labute approximate surface area is 124 Å². The van der Waals surface area contributed by atoms with Gasteiger partial charge in [0, 0.05) is 5.56 Å². The molecule has 1 N–H and O–H groups in total. The number of hydrogen-bond donors (Lipinski definition) is 1. The molecule has 1 unspecified atom stereocenters. The Morgan fingerprint density at radius 3 is 1.81 bits per heavy atom. The molecule has 0 amide bonds. The Morgan fingerprint density at radius 1 is 1.05 bits per heavy atom. The van der Waals surface area contributed by atoms with Crippen molar-refractivity contribution in [3.8, 4) is 0 Å². The first-order chi connectivity index (χ1) is 9.64. The van der Waals surface area contributed by atoms with Crippen LogP contribution in [0.3, 0.4) is 0 Å². The minimum atomic E-state index is -4.38. The summed E-state index contributed by atoms with van der Waals surface area (Å²) in [4.78, 5) is 9.06. The quantitative estimate of drug-likeness (QED) is 0.727. The third-order valence-corrected chi connectivity index (χ3v) is 9.02. The van der Waals surface area contributed by atoms with Crippen LogP contribution in [0.25, 0.3) is 0 Å². The summed E-state index contributed by atoms with van der Waals surface area (Å²) in [5.41, 5.74) is -0.207. The second kappa shape index (κ2) is 6.58. The molecule has 0 radical (unpaired) electrons. The molecule has 7 nitrogen and oxygen atoms in total. The minimum absolute atomic E-state index is 0.207. The van der Waals surface area contributed by atoms with Gasteiger partial charge in [-0.25, -0.2) is 16.8 Å². The van der Waals surface area contributed by atoms with Crippen molar-refractivity contribution >= 4 is 27.9 Å². The van der Waals surface area contributed by atoms with Crippen molar-refractivity contribution in [1.29, 1.82) is 0 Å². The zero-order valence-electron chi connectivity index (χ0n) is 11.5. The van der Waals surface area contributed by atoms with Crippen molar-refractivity contribution < 1.29 is 30.8 Å². The van der Waals surface area contributed by atoms with Crippen molar-refractivity contribution in [2.75, 3.05) is 11.5 Å². The van der Waals surface area contributed by atoms with Crippen LogP contribution in [0.5, 0.6) is 0 Å². The van der Waals surface area contributed by atoms with Gasteiger partial charge in [-0.15, -0.1) is 0 Å². The molecule has 10 heteroatoms. The topological polar surface area (TPSA) is 115 Å². The van der Waals surface area contributed by atoms with Crippen LogP contribution in [0.4, 0.5) is 0 Å². The average Bonchev–Trinajstić information content (AvgIpc) is 2.44. The van der Waals surface area contributed by atoms with Gasteiger partial charge in [-0.2, -0.15) is 0 Å². The van der Waals surface area contributed by atoms with Gasteiger partial charge in [-0.3, -0.25) is 9.09 Å². The maximum Gasteiger partial charge on any atom is 0.319 e. The zero-order chi connectivity index (χ0) is 16.3. The van der Waals surface area contributed by atoms with E-state index in [1.165, 1.54) is 38.1 Å². The van der Waals surface area contributed by atoms with Crippen molar-refractivity contribution in [1.82, 2.24) is 0 Å². The molecule has 1 aromatic rings. The lowest BCUT2D eigenvalue weighted by atomic mass is 10.2. The molecule has 0 saturated carbocycles. The molecular weight excluding hydrogens is 339 g/mol. The molecule has 1 atom stereocenters. The van der Waals surface area contributed by atoms with E-state index in [4.69, 9.17) is 4.89 Å². The Morgan fingerprint density at radius 2 is 1.48 bits per heavy atom. The number of hydrogen-bond acceptors (Lipinski definition) is 6. The Bertz CT molecular complexity index is 676. The van der Waals surface area contributed by atoms with Crippen LogP contribution in [-0.2, 0) is 33.0 Å². The number of benzene rings is 1. The first kappa shape index (κ1) is 18.3. The van der Waals surface area contributed by atoms with Gasteiger partial charge in [0.05, 0.1) is 11.5 Å². The normalized spacial score (nSPS) is 14.8. The van der Waals surface area contributed by atoms with E-state index in [0.717, 1.165) is 0 Å². The lowest BCUT2D eigenvalue weighted by Crippen LogP contribution is -2.46. The largest absolute Gasteiger partial charge is 0.326 e. The van der Waals surface area contributed by atoms with Gasteiger partial charge in [0.2, 0.25) is 0 Å². The summed E-state index contributed by atoms with van der Waals surface area (Å²) >= 11 is 0. The molecule has 120 valence electrons. The van der Waals surface area contributed by atoms with E-state index in [-0.39, 0.29) is 5.56 Å². The van der Waals surface area contributed by atoms with Gasteiger partial charge >= 0.3 is 12.5 Å². The van der Waals surface area contributed by atoms with Crippen LogP contribution in [0.15, 0.2) is 30.3 Å². The molecule has 0 aromatic heterocycles. The summed E-state index contributed by atoms with van der Waals surface area (Å²) in [7, 11) is -12.6. The SMILES string of the molecule is CCS(=O)(=O)C(O[PH](=O)O)(c1ccccc1)S(=O)(=O)CC. The fraction of sp³-hybridized carbons (Fsp3) is 0.455. The van der Waals surface area contributed by atoms with Crippen LogP contribution >= 0.6 is 8.25 Å². The Kier molecular flexibility index (Phi) is 5.74. The highest BCUT2D eigenvalue weighted by Crippen LogP contribution is 2.44. The van der Waals surface area contributed by atoms with Crippen LogP contribution in [0.1, 0.15) is 19.4 Å². The molecular formula is C11H17O7PS2. The van der Waals surface area contributed by atoms with E-state index >= 15 is 0 Å². The van der Waals surface area contributed by atoms with E-state index in [9.17, 15) is 21.4 Å². The fourth-order valence-electron chi connectivity index (χ4n) is 1.88. The predicted octanol–water partition coefficient (Wildman–Crippen LogP) is 1.06. The molecule has 0 aliphatic rings. The lowest BCUT2D eigenvalue weighted by Gasteiger charge is -2.31. The summed E-state index contributed by atoms with van der Waals surface area (Å²) in [6.07, 6.45) is 0. The summed E-state index contributed by atoms with van der Waals surface area (Å²) in [6.45, 7) is 2.49. The highest BCUT2D eigenvalue weighted by Gasteiger charge is 2.57. The second-order valence-corrected chi connectivity index (χ2v) is 9.85.